The summed E-state index contributed by atoms with van der Waals surface area (Å²) in [5, 5.41) is 10.3. The second-order valence-electron chi connectivity index (χ2n) is 10.0. The average molecular weight is 601 g/mol. The summed E-state index contributed by atoms with van der Waals surface area (Å²) in [5.74, 6) is 3.81. The number of aromatic nitrogens is 3. The first kappa shape index (κ1) is 29.1. The molecule has 0 bridgehead atoms. The van der Waals surface area contributed by atoms with Gasteiger partial charge in [-0.15, -0.1) is 0 Å². The Labute approximate surface area is 255 Å². The van der Waals surface area contributed by atoms with E-state index < -0.39 is 0 Å². The minimum atomic E-state index is -0.0275. The zero-order valence-corrected chi connectivity index (χ0v) is 24.7. The van der Waals surface area contributed by atoms with E-state index in [1.807, 2.05) is 60.7 Å². The molecule has 0 fully saturated rings. The summed E-state index contributed by atoms with van der Waals surface area (Å²) in [5.41, 5.74) is 5.58. The average Bonchev–Trinajstić information content (AvgIpc) is 3.70. The number of dihydropyridines is 1. The first-order valence-corrected chi connectivity index (χ1v) is 14.5. The molecule has 4 N–H and O–H groups in total. The molecule has 44 heavy (non-hydrogen) atoms. The van der Waals surface area contributed by atoms with Crippen molar-refractivity contribution in [1.29, 1.82) is 0 Å². The summed E-state index contributed by atoms with van der Waals surface area (Å²) in [6.07, 6.45) is 5.66. The molecule has 6 rings (SSSR count). The van der Waals surface area contributed by atoms with Crippen LogP contribution in [0, 0.1) is 0 Å². The highest BCUT2D eigenvalue weighted by Crippen LogP contribution is 2.34. The third-order valence-corrected chi connectivity index (χ3v) is 7.10. The smallest absolute Gasteiger partial charge is 0.157 e. The Hall–Kier alpha value is -4.94. The largest absolute Gasteiger partial charge is 0.497 e. The van der Waals surface area contributed by atoms with E-state index in [4.69, 9.17) is 28.4 Å². The lowest BCUT2D eigenvalue weighted by molar-refractivity contribution is 0.0194. The molecule has 12 nitrogen and oxygen atoms in total. The monoisotopic (exact) mass is 600 g/mol. The number of nitrogens with one attached hydrogen (secondary N) is 4. The predicted octanol–water partition coefficient (Wildman–Crippen LogP) is 4.31. The van der Waals surface area contributed by atoms with Gasteiger partial charge in [0, 0.05) is 12.1 Å². The predicted molar refractivity (Wildman–Crippen MR) is 167 cm³/mol. The Morgan fingerprint density at radius 1 is 0.750 bits per heavy atom. The van der Waals surface area contributed by atoms with Crippen molar-refractivity contribution < 1.29 is 28.4 Å². The molecule has 0 amide bonds. The van der Waals surface area contributed by atoms with Crippen LogP contribution in [0.25, 0.3) is 22.6 Å². The van der Waals surface area contributed by atoms with Gasteiger partial charge in [-0.05, 0) is 48.6 Å². The zero-order chi connectivity index (χ0) is 30.1. The van der Waals surface area contributed by atoms with Crippen molar-refractivity contribution in [3.8, 4) is 28.8 Å². The van der Waals surface area contributed by atoms with Crippen molar-refractivity contribution >= 4 is 22.4 Å². The number of benzene rings is 2. The molecule has 4 heterocycles. The van der Waals surface area contributed by atoms with E-state index in [1.54, 1.807) is 20.4 Å². The van der Waals surface area contributed by atoms with Gasteiger partial charge in [0.25, 0.3) is 0 Å². The normalized spacial score (nSPS) is 15.4. The number of nitrogens with zero attached hydrogens (tertiary/aromatic N) is 2. The second-order valence-corrected chi connectivity index (χ2v) is 10.0. The van der Waals surface area contributed by atoms with Crippen LogP contribution < -0.4 is 30.2 Å². The fourth-order valence-electron chi connectivity index (χ4n) is 4.80. The number of anilines is 2. The number of pyridine rings is 1. The summed E-state index contributed by atoms with van der Waals surface area (Å²) in [6.45, 7) is 3.38. The molecular weight excluding hydrogens is 564 g/mol. The maximum absolute atomic E-state index is 5.84. The Morgan fingerprint density at radius 3 is 2.23 bits per heavy atom. The Kier molecular flexibility index (Phi) is 9.29. The van der Waals surface area contributed by atoms with E-state index >= 15 is 0 Å². The maximum atomic E-state index is 5.84. The van der Waals surface area contributed by atoms with Crippen molar-refractivity contribution in [3.05, 3.63) is 78.3 Å². The van der Waals surface area contributed by atoms with Crippen LogP contribution in [0.1, 0.15) is 0 Å². The Morgan fingerprint density at radius 2 is 1.48 bits per heavy atom. The van der Waals surface area contributed by atoms with E-state index in [9.17, 15) is 0 Å². The number of allylic oxidation sites excluding steroid dienone is 2. The Balaban J connectivity index is 0.816. The van der Waals surface area contributed by atoms with Gasteiger partial charge in [0.1, 0.15) is 48.1 Å². The molecule has 2 aliphatic heterocycles. The molecule has 2 aliphatic rings. The number of fused-ring (bicyclic) bond motifs is 2. The van der Waals surface area contributed by atoms with Crippen molar-refractivity contribution in [1.82, 2.24) is 20.3 Å². The van der Waals surface area contributed by atoms with Crippen LogP contribution in [0.2, 0.25) is 0 Å². The van der Waals surface area contributed by atoms with Crippen molar-refractivity contribution in [2.24, 2.45) is 0 Å². The zero-order valence-electron chi connectivity index (χ0n) is 24.7. The molecule has 0 saturated heterocycles. The number of ether oxygens (including phenoxy) is 6. The lowest BCUT2D eigenvalue weighted by atomic mass is 10.2. The van der Waals surface area contributed by atoms with E-state index in [-0.39, 0.29) is 6.17 Å². The van der Waals surface area contributed by atoms with Crippen LogP contribution in [0.4, 0.5) is 11.4 Å². The van der Waals surface area contributed by atoms with Crippen LogP contribution in [0.5, 0.6) is 17.2 Å². The van der Waals surface area contributed by atoms with Crippen LogP contribution in [0.15, 0.2) is 78.3 Å². The van der Waals surface area contributed by atoms with Gasteiger partial charge in [0.05, 0.1) is 81.5 Å². The summed E-state index contributed by atoms with van der Waals surface area (Å²) in [7, 11) is 3.31. The molecule has 2 aromatic heterocycles. The third kappa shape index (κ3) is 7.16. The van der Waals surface area contributed by atoms with Gasteiger partial charge in [0.2, 0.25) is 0 Å². The van der Waals surface area contributed by atoms with Crippen molar-refractivity contribution in [2.75, 3.05) is 71.0 Å². The highest BCUT2D eigenvalue weighted by Gasteiger charge is 2.24. The van der Waals surface area contributed by atoms with Crippen LogP contribution >= 0.6 is 0 Å². The highest BCUT2D eigenvalue weighted by molar-refractivity contribution is 5.80. The maximum Gasteiger partial charge on any atom is 0.157 e. The molecule has 0 spiro atoms. The molecule has 1 atom stereocenters. The molecule has 4 aromatic rings. The molecule has 2 aromatic carbocycles. The fraction of sp³-hybridized carbons (Fsp3) is 0.312. The van der Waals surface area contributed by atoms with Gasteiger partial charge >= 0.3 is 0 Å². The van der Waals surface area contributed by atoms with Crippen LogP contribution in [0.3, 0.4) is 0 Å². The van der Waals surface area contributed by atoms with Crippen LogP contribution in [-0.2, 0) is 14.2 Å². The molecule has 1 unspecified atom stereocenters. The second kappa shape index (κ2) is 14.0. The molecule has 230 valence electrons. The number of hydrogen-bond acceptors (Lipinski definition) is 11. The number of aromatic amines is 1. The van der Waals surface area contributed by atoms with Gasteiger partial charge in [-0.2, -0.15) is 0 Å². The highest BCUT2D eigenvalue weighted by atomic mass is 16.6. The first-order chi connectivity index (χ1) is 21.7. The number of H-pyrrole nitrogens is 1. The third-order valence-electron chi connectivity index (χ3n) is 7.10. The van der Waals surface area contributed by atoms with E-state index in [2.05, 4.69) is 30.9 Å². The molecule has 0 aliphatic carbocycles. The number of methoxy groups -OCH3 is 2. The number of hydrogen-bond donors (Lipinski definition) is 4. The first-order valence-electron chi connectivity index (χ1n) is 14.5. The summed E-state index contributed by atoms with van der Waals surface area (Å²) in [6, 6.07) is 15.4. The number of imidazole rings is 1. The SMILES string of the molecule is COc1ccc2c(c1)NC(C1=CC=C(OCCOCCOCCOc3ccc(-c4nc5ccc(OC)cc5[nH]4)nc3)CN1)N2. The van der Waals surface area contributed by atoms with Crippen LogP contribution in [-0.4, -0.2) is 81.5 Å². The van der Waals surface area contributed by atoms with Gasteiger partial charge in [-0.1, -0.05) is 0 Å². The van der Waals surface area contributed by atoms with Gasteiger partial charge in [-0.3, -0.25) is 0 Å². The van der Waals surface area contributed by atoms with E-state index in [0.717, 1.165) is 51.1 Å². The topological polar surface area (TPSA) is 133 Å². The van der Waals surface area contributed by atoms with E-state index in [1.165, 1.54) is 0 Å². The minimum Gasteiger partial charge on any atom is -0.497 e. The summed E-state index contributed by atoms with van der Waals surface area (Å²) >= 11 is 0. The lowest BCUT2D eigenvalue weighted by Gasteiger charge is -2.22. The van der Waals surface area contributed by atoms with Gasteiger partial charge in [-0.25, -0.2) is 9.97 Å². The molecule has 12 heteroatoms. The minimum absolute atomic E-state index is 0.0275. The Bertz CT molecular complexity index is 1620. The number of rotatable bonds is 15. The molecular formula is C32H36N6O6. The van der Waals surface area contributed by atoms with Gasteiger partial charge in [0.15, 0.2) is 5.82 Å². The summed E-state index contributed by atoms with van der Waals surface area (Å²) in [4.78, 5) is 12.3. The quantitative estimate of drug-likeness (QED) is 0.146. The molecule has 0 saturated carbocycles. The van der Waals surface area contributed by atoms with Crippen molar-refractivity contribution in [2.45, 2.75) is 6.17 Å². The summed E-state index contributed by atoms with van der Waals surface area (Å²) < 4.78 is 33.4. The lowest BCUT2D eigenvalue weighted by Crippen LogP contribution is -2.35. The van der Waals surface area contributed by atoms with Gasteiger partial charge < -0.3 is 49.4 Å². The molecule has 0 radical (unpaired) electrons. The standard InChI is InChI=1S/C32H36N6O6/c1-39-21-3-7-25-29(17-21)37-31(35-25)27-9-5-23(19-33-27)43-15-13-41-11-12-42-14-16-44-24-6-10-28(34-20-24)32-36-26-8-4-22(40-2)18-30(26)38-32/h3-10,17-19,32,34,36,38H,11-16,20H2,1-2H3,(H,35,37). The fourth-order valence-corrected chi connectivity index (χ4v) is 4.80. The van der Waals surface area contributed by atoms with Crippen molar-refractivity contribution in [3.63, 3.8) is 0 Å². The van der Waals surface area contributed by atoms with E-state index in [0.29, 0.717) is 57.8 Å².